The number of allylic oxidation sites excluding steroid dienone is 1. The van der Waals surface area contributed by atoms with Gasteiger partial charge in [-0.3, -0.25) is 9.36 Å². The van der Waals surface area contributed by atoms with Gasteiger partial charge in [-0.05, 0) is 36.1 Å². The number of anilines is 1. The van der Waals surface area contributed by atoms with E-state index < -0.39 is 0 Å². The molecule has 0 bridgehead atoms. The maximum atomic E-state index is 12.7. The number of amides is 1. The minimum atomic E-state index is -0.149. The highest BCUT2D eigenvalue weighted by atomic mass is 32.2. The van der Waals surface area contributed by atoms with Gasteiger partial charge >= 0.3 is 0 Å². The standard InChI is InChI=1S/C23H28N4O3S/c1-7-11-27-21(17-10-12-30-15(17)2)25-26-22(27)31-14-20(28)24-18-13-16(23(3,4)5)8-9-19(18)29-6/h7-10,12-13H,1,11,14H2,2-6H3,(H,24,28). The molecule has 0 aliphatic rings. The topological polar surface area (TPSA) is 82.2 Å². The molecule has 0 spiro atoms. The van der Waals surface area contributed by atoms with Gasteiger partial charge in [0.1, 0.15) is 11.5 Å². The molecule has 0 aliphatic heterocycles. The van der Waals surface area contributed by atoms with Crippen molar-refractivity contribution in [1.82, 2.24) is 14.8 Å². The molecule has 2 aromatic heterocycles. The Bertz CT molecular complexity index is 1080. The minimum absolute atomic E-state index is 0.0385. The largest absolute Gasteiger partial charge is 0.495 e. The number of carbonyl (C=O) groups excluding carboxylic acids is 1. The lowest BCUT2D eigenvalue weighted by Crippen LogP contribution is -2.17. The predicted octanol–water partition coefficient (Wildman–Crippen LogP) is 5.07. The summed E-state index contributed by atoms with van der Waals surface area (Å²) in [6.07, 6.45) is 3.40. The molecule has 31 heavy (non-hydrogen) atoms. The smallest absolute Gasteiger partial charge is 0.234 e. The zero-order chi connectivity index (χ0) is 22.6. The number of aromatic nitrogens is 3. The Balaban J connectivity index is 1.75. The molecule has 0 radical (unpaired) electrons. The van der Waals surface area contributed by atoms with Crippen molar-refractivity contribution in [3.63, 3.8) is 0 Å². The lowest BCUT2D eigenvalue weighted by atomic mass is 9.87. The molecule has 0 unspecified atom stereocenters. The summed E-state index contributed by atoms with van der Waals surface area (Å²) in [5, 5.41) is 12.2. The fourth-order valence-corrected chi connectivity index (χ4v) is 3.84. The summed E-state index contributed by atoms with van der Waals surface area (Å²) in [5.74, 6) is 2.11. The van der Waals surface area contributed by atoms with Gasteiger partial charge in [0.25, 0.3) is 0 Å². The van der Waals surface area contributed by atoms with Gasteiger partial charge in [0.15, 0.2) is 11.0 Å². The van der Waals surface area contributed by atoms with E-state index in [1.807, 2.05) is 35.8 Å². The van der Waals surface area contributed by atoms with Crippen molar-refractivity contribution < 1.29 is 13.9 Å². The second-order valence-electron chi connectivity index (χ2n) is 8.10. The van der Waals surface area contributed by atoms with E-state index in [-0.39, 0.29) is 17.1 Å². The van der Waals surface area contributed by atoms with Crippen molar-refractivity contribution >= 4 is 23.4 Å². The number of rotatable bonds is 8. The van der Waals surface area contributed by atoms with Crippen LogP contribution in [-0.2, 0) is 16.8 Å². The first-order valence-electron chi connectivity index (χ1n) is 9.94. The van der Waals surface area contributed by atoms with E-state index in [9.17, 15) is 4.79 Å². The lowest BCUT2D eigenvalue weighted by molar-refractivity contribution is -0.113. The average Bonchev–Trinajstić information content (AvgIpc) is 3.31. The highest BCUT2D eigenvalue weighted by molar-refractivity contribution is 7.99. The second kappa shape index (κ2) is 9.43. The van der Waals surface area contributed by atoms with Crippen molar-refractivity contribution in [2.45, 2.75) is 44.8 Å². The highest BCUT2D eigenvalue weighted by Crippen LogP contribution is 2.32. The number of furan rings is 1. The Hall–Kier alpha value is -3.00. The van der Waals surface area contributed by atoms with Crippen LogP contribution in [0.15, 0.2) is 52.8 Å². The van der Waals surface area contributed by atoms with Gasteiger partial charge in [-0.15, -0.1) is 16.8 Å². The molecule has 2 heterocycles. The van der Waals surface area contributed by atoms with Crippen molar-refractivity contribution in [3.05, 3.63) is 54.5 Å². The van der Waals surface area contributed by atoms with Gasteiger partial charge < -0.3 is 14.5 Å². The number of nitrogens with zero attached hydrogens (tertiary/aromatic N) is 3. The van der Waals surface area contributed by atoms with E-state index in [0.717, 1.165) is 16.9 Å². The van der Waals surface area contributed by atoms with Crippen molar-refractivity contribution in [1.29, 1.82) is 0 Å². The first kappa shape index (κ1) is 22.7. The summed E-state index contributed by atoms with van der Waals surface area (Å²) in [6.45, 7) is 12.6. The molecule has 0 aliphatic carbocycles. The maximum Gasteiger partial charge on any atom is 0.234 e. The van der Waals surface area contributed by atoms with Crippen molar-refractivity contribution in [2.24, 2.45) is 0 Å². The molecule has 0 atom stereocenters. The van der Waals surface area contributed by atoms with Crippen LogP contribution in [0.4, 0.5) is 5.69 Å². The Morgan fingerprint density at radius 1 is 1.32 bits per heavy atom. The van der Waals surface area contributed by atoms with E-state index in [1.165, 1.54) is 11.8 Å². The summed E-state index contributed by atoms with van der Waals surface area (Å²) in [6, 6.07) is 7.71. The number of methoxy groups -OCH3 is 1. The van der Waals surface area contributed by atoms with Crippen LogP contribution in [0.5, 0.6) is 5.75 Å². The van der Waals surface area contributed by atoms with Crippen LogP contribution in [0.1, 0.15) is 32.1 Å². The molecule has 3 rings (SSSR count). The third kappa shape index (κ3) is 5.19. The number of aryl methyl sites for hydroxylation is 1. The number of hydrogen-bond acceptors (Lipinski definition) is 6. The second-order valence-corrected chi connectivity index (χ2v) is 9.04. The van der Waals surface area contributed by atoms with Gasteiger partial charge in [-0.2, -0.15) is 0 Å². The van der Waals surface area contributed by atoms with Crippen LogP contribution in [0.2, 0.25) is 0 Å². The average molecular weight is 441 g/mol. The molecular weight excluding hydrogens is 412 g/mol. The number of ether oxygens (including phenoxy) is 1. The quantitative estimate of drug-likeness (QED) is 0.389. The van der Waals surface area contributed by atoms with Crippen LogP contribution < -0.4 is 10.1 Å². The van der Waals surface area contributed by atoms with Gasteiger partial charge in [-0.25, -0.2) is 0 Å². The number of nitrogens with one attached hydrogen (secondary N) is 1. The summed E-state index contributed by atoms with van der Waals surface area (Å²) < 4.78 is 12.7. The summed E-state index contributed by atoms with van der Waals surface area (Å²) in [4.78, 5) is 12.7. The van der Waals surface area contributed by atoms with Crippen molar-refractivity contribution in [2.75, 3.05) is 18.2 Å². The van der Waals surface area contributed by atoms with Crippen LogP contribution >= 0.6 is 11.8 Å². The molecule has 7 nitrogen and oxygen atoms in total. The molecule has 1 aromatic carbocycles. The Kier molecular flexibility index (Phi) is 6.90. The normalized spacial score (nSPS) is 11.4. The molecule has 0 saturated heterocycles. The summed E-state index contributed by atoms with van der Waals surface area (Å²) in [7, 11) is 1.59. The third-order valence-electron chi connectivity index (χ3n) is 4.80. The van der Waals surface area contributed by atoms with E-state index in [2.05, 4.69) is 42.9 Å². The molecule has 164 valence electrons. The highest BCUT2D eigenvalue weighted by Gasteiger charge is 2.19. The Morgan fingerprint density at radius 3 is 2.71 bits per heavy atom. The van der Waals surface area contributed by atoms with Gasteiger partial charge in [-0.1, -0.05) is 44.7 Å². The molecule has 1 amide bonds. The number of benzene rings is 1. The molecule has 0 fully saturated rings. The van der Waals surface area contributed by atoms with Gasteiger partial charge in [0.2, 0.25) is 5.91 Å². The monoisotopic (exact) mass is 440 g/mol. The summed E-state index contributed by atoms with van der Waals surface area (Å²) in [5.41, 5.74) is 2.60. The van der Waals surface area contributed by atoms with Crippen molar-refractivity contribution in [3.8, 4) is 17.1 Å². The van der Waals surface area contributed by atoms with E-state index in [0.29, 0.717) is 29.0 Å². The SMILES string of the molecule is C=CCn1c(SCC(=O)Nc2cc(C(C)(C)C)ccc2OC)nnc1-c1ccoc1C. The molecule has 1 N–H and O–H groups in total. The molecule has 3 aromatic rings. The number of carbonyl (C=O) groups is 1. The molecule has 8 heteroatoms. The minimum Gasteiger partial charge on any atom is -0.495 e. The lowest BCUT2D eigenvalue weighted by Gasteiger charge is -2.21. The van der Waals surface area contributed by atoms with Crippen LogP contribution in [0, 0.1) is 6.92 Å². The fraction of sp³-hybridized carbons (Fsp3) is 0.348. The van der Waals surface area contributed by atoms with Gasteiger partial charge in [0.05, 0.1) is 30.4 Å². The molecular formula is C23H28N4O3S. The zero-order valence-corrected chi connectivity index (χ0v) is 19.4. The van der Waals surface area contributed by atoms with E-state index in [1.54, 1.807) is 19.4 Å². The van der Waals surface area contributed by atoms with E-state index >= 15 is 0 Å². The predicted molar refractivity (Wildman–Crippen MR) is 124 cm³/mol. The number of hydrogen-bond donors (Lipinski definition) is 1. The van der Waals surface area contributed by atoms with E-state index in [4.69, 9.17) is 9.15 Å². The van der Waals surface area contributed by atoms with Crippen LogP contribution in [0.3, 0.4) is 0 Å². The van der Waals surface area contributed by atoms with Gasteiger partial charge in [0, 0.05) is 6.54 Å². The number of thioether (sulfide) groups is 1. The molecule has 0 saturated carbocycles. The zero-order valence-electron chi connectivity index (χ0n) is 18.6. The summed E-state index contributed by atoms with van der Waals surface area (Å²) >= 11 is 1.32. The fourth-order valence-electron chi connectivity index (χ4n) is 3.09. The Labute approximate surface area is 186 Å². The first-order valence-corrected chi connectivity index (χ1v) is 10.9. The first-order chi connectivity index (χ1) is 14.7. The Morgan fingerprint density at radius 2 is 2.10 bits per heavy atom. The third-order valence-corrected chi connectivity index (χ3v) is 5.77. The maximum absolute atomic E-state index is 12.7. The van der Waals surface area contributed by atoms with Crippen LogP contribution in [0.25, 0.3) is 11.4 Å². The van der Waals surface area contributed by atoms with Crippen LogP contribution in [-0.4, -0.2) is 33.5 Å².